The van der Waals surface area contributed by atoms with Crippen LogP contribution in [0.2, 0.25) is 0 Å². The Balaban J connectivity index is 2.98. The highest BCUT2D eigenvalue weighted by molar-refractivity contribution is 6.22. The molecule has 26 heavy (non-hydrogen) atoms. The molecule has 9 nitrogen and oxygen atoms in total. The van der Waals surface area contributed by atoms with Gasteiger partial charge in [0.1, 0.15) is 5.56 Å². The average molecular weight is 362 g/mol. The molecule has 2 rings (SSSR count). The molecule has 1 aromatic carbocycles. The van der Waals surface area contributed by atoms with Gasteiger partial charge in [0.25, 0.3) is 0 Å². The monoisotopic (exact) mass is 362 g/mol. The lowest BCUT2D eigenvalue weighted by atomic mass is 10.0. The van der Waals surface area contributed by atoms with Crippen LogP contribution in [0.5, 0.6) is 5.75 Å². The molecule has 0 fully saturated rings. The van der Waals surface area contributed by atoms with Crippen molar-refractivity contribution in [2.75, 3.05) is 20.8 Å². The van der Waals surface area contributed by atoms with E-state index < -0.39 is 22.5 Å². The van der Waals surface area contributed by atoms with Crippen LogP contribution in [-0.4, -0.2) is 42.3 Å². The second kappa shape index (κ2) is 7.26. The Labute approximate surface area is 148 Å². The van der Waals surface area contributed by atoms with E-state index in [-0.39, 0.29) is 34.6 Å². The quantitative estimate of drug-likeness (QED) is 0.336. The summed E-state index contributed by atoms with van der Waals surface area (Å²) in [5.41, 5.74) is -0.225. The topological polar surface area (TPSA) is 110 Å². The van der Waals surface area contributed by atoms with E-state index in [4.69, 9.17) is 14.2 Å². The molecule has 2 aromatic rings. The molecule has 0 N–H and O–H groups in total. The number of hydrogen-bond donors (Lipinski definition) is 0. The fourth-order valence-corrected chi connectivity index (χ4v) is 2.81. The Hall–Kier alpha value is -3.36. The zero-order valence-corrected chi connectivity index (χ0v) is 14.8. The predicted molar refractivity (Wildman–Crippen MR) is 93.1 cm³/mol. The lowest BCUT2D eigenvalue weighted by molar-refractivity contribution is -0.384. The first-order chi connectivity index (χ1) is 12.3. The van der Waals surface area contributed by atoms with Crippen molar-refractivity contribution in [1.29, 1.82) is 0 Å². The highest BCUT2D eigenvalue weighted by atomic mass is 16.6. The van der Waals surface area contributed by atoms with Crippen molar-refractivity contribution in [3.8, 4) is 5.75 Å². The fourth-order valence-electron chi connectivity index (χ4n) is 2.81. The number of ether oxygens (including phenoxy) is 3. The maximum atomic E-state index is 12.4. The van der Waals surface area contributed by atoms with Crippen molar-refractivity contribution < 1.29 is 28.7 Å². The molecule has 0 amide bonds. The fraction of sp³-hybridized carbons (Fsp3) is 0.294. The number of nitrogens with zero attached hydrogens (tertiary/aromatic N) is 2. The standard InChI is InChI=1S/C17H18N2O7/c1-6-26-16(20)9(2)14-13(17(21)25-5)12-10(18(14)3)7-8-11(24-4)15(12)19(22)23/h7-8H,2,6H2,1,3-5H3. The van der Waals surface area contributed by atoms with Crippen LogP contribution < -0.4 is 4.74 Å². The summed E-state index contributed by atoms with van der Waals surface area (Å²) < 4.78 is 16.3. The summed E-state index contributed by atoms with van der Waals surface area (Å²) in [6.07, 6.45) is 0. The minimum atomic E-state index is -0.840. The molecule has 1 aromatic heterocycles. The van der Waals surface area contributed by atoms with E-state index in [1.807, 2.05) is 0 Å². The van der Waals surface area contributed by atoms with Crippen molar-refractivity contribution in [3.05, 3.63) is 40.1 Å². The third-order valence-corrected chi connectivity index (χ3v) is 3.90. The van der Waals surface area contributed by atoms with E-state index in [2.05, 4.69) is 6.58 Å². The van der Waals surface area contributed by atoms with Crippen LogP contribution in [0, 0.1) is 10.1 Å². The minimum Gasteiger partial charge on any atom is -0.490 e. The molecule has 0 radical (unpaired) electrons. The third kappa shape index (κ3) is 2.87. The Morgan fingerprint density at radius 1 is 1.31 bits per heavy atom. The molecule has 1 heterocycles. The zero-order valence-electron chi connectivity index (χ0n) is 14.8. The van der Waals surface area contributed by atoms with Gasteiger partial charge in [0, 0.05) is 7.05 Å². The molecule has 0 atom stereocenters. The van der Waals surface area contributed by atoms with E-state index in [1.165, 1.54) is 17.7 Å². The number of nitro groups is 1. The molecule has 9 heteroatoms. The zero-order chi connectivity index (χ0) is 19.6. The van der Waals surface area contributed by atoms with Gasteiger partial charge >= 0.3 is 17.6 Å². The number of rotatable bonds is 6. The Kier molecular flexibility index (Phi) is 5.30. The predicted octanol–water partition coefficient (Wildman–Crippen LogP) is 2.46. The van der Waals surface area contributed by atoms with Crippen LogP contribution in [0.4, 0.5) is 5.69 Å². The second-order valence-electron chi connectivity index (χ2n) is 5.24. The molecular formula is C17H18N2O7. The van der Waals surface area contributed by atoms with Gasteiger partial charge in [0.2, 0.25) is 0 Å². The molecule has 0 aliphatic heterocycles. The first kappa shape index (κ1) is 19.0. The summed E-state index contributed by atoms with van der Waals surface area (Å²) in [4.78, 5) is 35.5. The number of fused-ring (bicyclic) bond motifs is 1. The summed E-state index contributed by atoms with van der Waals surface area (Å²) >= 11 is 0. The van der Waals surface area contributed by atoms with Gasteiger partial charge in [-0.05, 0) is 19.1 Å². The molecular weight excluding hydrogens is 344 g/mol. The average Bonchev–Trinajstić information content (AvgIpc) is 2.92. The molecule has 0 aliphatic carbocycles. The van der Waals surface area contributed by atoms with Crippen LogP contribution in [0.3, 0.4) is 0 Å². The van der Waals surface area contributed by atoms with E-state index in [9.17, 15) is 19.7 Å². The van der Waals surface area contributed by atoms with Gasteiger partial charge in [-0.2, -0.15) is 0 Å². The summed E-state index contributed by atoms with van der Waals surface area (Å²) in [5.74, 6) is -1.60. The smallest absolute Gasteiger partial charge is 0.340 e. The number of methoxy groups -OCH3 is 2. The van der Waals surface area contributed by atoms with Crippen LogP contribution >= 0.6 is 0 Å². The van der Waals surface area contributed by atoms with Crippen LogP contribution in [-0.2, 0) is 21.3 Å². The Bertz CT molecular complexity index is 927. The van der Waals surface area contributed by atoms with Gasteiger partial charge in [-0.15, -0.1) is 0 Å². The molecule has 0 saturated heterocycles. The van der Waals surface area contributed by atoms with Crippen molar-refractivity contribution in [2.45, 2.75) is 6.92 Å². The number of aryl methyl sites for hydroxylation is 1. The van der Waals surface area contributed by atoms with Crippen LogP contribution in [0.1, 0.15) is 23.0 Å². The van der Waals surface area contributed by atoms with Crippen molar-refractivity contribution >= 4 is 34.1 Å². The van der Waals surface area contributed by atoms with E-state index in [1.54, 1.807) is 20.0 Å². The highest BCUT2D eigenvalue weighted by Crippen LogP contribution is 2.41. The van der Waals surface area contributed by atoms with Crippen molar-refractivity contribution in [2.24, 2.45) is 7.05 Å². The Morgan fingerprint density at radius 3 is 2.46 bits per heavy atom. The molecule has 0 saturated carbocycles. The number of carbonyl (C=O) groups is 2. The number of esters is 2. The summed E-state index contributed by atoms with van der Waals surface area (Å²) in [6.45, 7) is 5.43. The van der Waals surface area contributed by atoms with Crippen LogP contribution in [0.25, 0.3) is 16.5 Å². The van der Waals surface area contributed by atoms with Crippen molar-refractivity contribution in [1.82, 2.24) is 4.57 Å². The van der Waals surface area contributed by atoms with Gasteiger partial charge < -0.3 is 18.8 Å². The van der Waals surface area contributed by atoms with Crippen molar-refractivity contribution in [3.63, 3.8) is 0 Å². The number of benzene rings is 1. The number of aromatic nitrogens is 1. The van der Waals surface area contributed by atoms with Gasteiger partial charge in [-0.1, -0.05) is 6.58 Å². The summed E-state index contributed by atoms with van der Waals surface area (Å²) in [7, 11) is 3.99. The lowest BCUT2D eigenvalue weighted by Gasteiger charge is -2.09. The van der Waals surface area contributed by atoms with Gasteiger partial charge in [-0.3, -0.25) is 10.1 Å². The van der Waals surface area contributed by atoms with Crippen LogP contribution in [0.15, 0.2) is 18.7 Å². The van der Waals surface area contributed by atoms with Gasteiger partial charge in [0.15, 0.2) is 5.75 Å². The van der Waals surface area contributed by atoms with E-state index in [0.29, 0.717) is 5.52 Å². The Morgan fingerprint density at radius 2 is 1.96 bits per heavy atom. The lowest BCUT2D eigenvalue weighted by Crippen LogP contribution is -2.13. The summed E-state index contributed by atoms with van der Waals surface area (Å²) in [5, 5.41) is 11.6. The largest absolute Gasteiger partial charge is 0.490 e. The first-order valence-corrected chi connectivity index (χ1v) is 7.58. The molecule has 0 spiro atoms. The first-order valence-electron chi connectivity index (χ1n) is 7.58. The third-order valence-electron chi connectivity index (χ3n) is 3.90. The maximum absolute atomic E-state index is 12.4. The van der Waals surface area contributed by atoms with E-state index >= 15 is 0 Å². The number of hydrogen-bond acceptors (Lipinski definition) is 7. The normalized spacial score (nSPS) is 10.5. The van der Waals surface area contributed by atoms with E-state index in [0.717, 1.165) is 7.11 Å². The number of nitro benzene ring substituents is 1. The van der Waals surface area contributed by atoms with Gasteiger partial charge in [0.05, 0.1) is 47.9 Å². The minimum absolute atomic E-state index is 0.00384. The van der Waals surface area contributed by atoms with Gasteiger partial charge in [-0.25, -0.2) is 9.59 Å². The SMILES string of the molecule is C=C(C(=O)OCC)c1c(C(=O)OC)c2c([N+](=O)[O-])c(OC)ccc2n1C. The highest BCUT2D eigenvalue weighted by Gasteiger charge is 2.33. The maximum Gasteiger partial charge on any atom is 0.340 e. The summed E-state index contributed by atoms with van der Waals surface area (Å²) in [6, 6.07) is 2.97. The molecule has 138 valence electrons. The molecule has 0 bridgehead atoms. The second-order valence-corrected chi connectivity index (χ2v) is 5.24. The number of carbonyl (C=O) groups excluding carboxylic acids is 2. The molecule has 0 unspecified atom stereocenters. The molecule has 0 aliphatic rings.